The molecule has 1 N–H and O–H groups in total. The van der Waals surface area contributed by atoms with E-state index in [4.69, 9.17) is 0 Å². The molecule has 1 heterocycles. The third-order valence-electron chi connectivity index (χ3n) is 2.41. The summed E-state index contributed by atoms with van der Waals surface area (Å²) < 4.78 is 39.6. The Kier molecular flexibility index (Phi) is 2.57. The first-order valence-electron chi connectivity index (χ1n) is 4.79. The molecular formula is C11H9F3N2O. The van der Waals surface area contributed by atoms with Crippen molar-refractivity contribution in [2.75, 3.05) is 0 Å². The van der Waals surface area contributed by atoms with Gasteiger partial charge in [-0.25, -0.2) is 0 Å². The zero-order valence-electron chi connectivity index (χ0n) is 8.86. The maximum atomic E-state index is 12.8. The van der Waals surface area contributed by atoms with Gasteiger partial charge in [0.05, 0.1) is 11.8 Å². The van der Waals surface area contributed by atoms with Crippen LogP contribution in [0.2, 0.25) is 0 Å². The van der Waals surface area contributed by atoms with Gasteiger partial charge >= 0.3 is 6.18 Å². The van der Waals surface area contributed by atoms with Gasteiger partial charge in [0.15, 0.2) is 5.75 Å². The van der Waals surface area contributed by atoms with E-state index >= 15 is 0 Å². The standard InChI is InChI=1S/C11H9F3N2O/c1-16-10(9(17)6-15-16)7-4-2-3-5-8(7)11(12,13)14/h2-6,17H,1H3. The Bertz CT molecular complexity index is 526. The number of alkyl halides is 3. The molecule has 0 saturated carbocycles. The van der Waals surface area contributed by atoms with Crippen molar-refractivity contribution in [2.45, 2.75) is 6.18 Å². The number of aromatic nitrogens is 2. The van der Waals surface area contributed by atoms with E-state index in [0.29, 0.717) is 0 Å². The quantitative estimate of drug-likeness (QED) is 0.835. The van der Waals surface area contributed by atoms with Crippen LogP contribution >= 0.6 is 0 Å². The van der Waals surface area contributed by atoms with Gasteiger partial charge in [-0.05, 0) is 6.07 Å². The number of aryl methyl sites for hydroxylation is 1. The Morgan fingerprint density at radius 2 is 1.88 bits per heavy atom. The fourth-order valence-electron chi connectivity index (χ4n) is 1.68. The van der Waals surface area contributed by atoms with Crippen LogP contribution in [0.25, 0.3) is 11.3 Å². The number of nitrogens with zero attached hydrogens (tertiary/aromatic N) is 2. The fourth-order valence-corrected chi connectivity index (χ4v) is 1.68. The van der Waals surface area contributed by atoms with Gasteiger partial charge in [0.1, 0.15) is 5.69 Å². The smallest absolute Gasteiger partial charge is 0.417 e. The van der Waals surface area contributed by atoms with Gasteiger partial charge in [-0.3, -0.25) is 4.68 Å². The molecule has 2 rings (SSSR count). The minimum Gasteiger partial charge on any atom is -0.504 e. The second-order valence-electron chi connectivity index (χ2n) is 3.55. The van der Waals surface area contributed by atoms with Gasteiger partial charge in [-0.15, -0.1) is 0 Å². The van der Waals surface area contributed by atoms with E-state index in [0.717, 1.165) is 12.3 Å². The summed E-state index contributed by atoms with van der Waals surface area (Å²) in [6, 6.07) is 5.07. The Hall–Kier alpha value is -1.98. The van der Waals surface area contributed by atoms with Crippen LogP contribution in [0, 0.1) is 0 Å². The summed E-state index contributed by atoms with van der Waals surface area (Å²) >= 11 is 0. The van der Waals surface area contributed by atoms with Crippen LogP contribution in [0.3, 0.4) is 0 Å². The summed E-state index contributed by atoms with van der Waals surface area (Å²) in [6.07, 6.45) is -3.35. The predicted octanol–water partition coefficient (Wildman–Crippen LogP) is 2.81. The monoisotopic (exact) mass is 242 g/mol. The molecule has 6 heteroatoms. The van der Waals surface area contributed by atoms with Crippen molar-refractivity contribution in [1.29, 1.82) is 0 Å². The third kappa shape index (κ3) is 1.98. The summed E-state index contributed by atoms with van der Waals surface area (Å²) in [6.45, 7) is 0. The van der Waals surface area contributed by atoms with E-state index in [1.165, 1.54) is 29.9 Å². The van der Waals surface area contributed by atoms with Crippen LogP contribution in [0.1, 0.15) is 5.56 Å². The predicted molar refractivity (Wildman–Crippen MR) is 55.3 cm³/mol. The Labute approximate surface area is 95.1 Å². The third-order valence-corrected chi connectivity index (χ3v) is 2.41. The number of aromatic hydroxyl groups is 1. The molecule has 0 aliphatic rings. The molecule has 0 amide bonds. The van der Waals surface area contributed by atoms with Crippen LogP contribution in [0.4, 0.5) is 13.2 Å². The van der Waals surface area contributed by atoms with Crippen molar-refractivity contribution in [3.8, 4) is 17.0 Å². The van der Waals surface area contributed by atoms with Crippen molar-refractivity contribution in [1.82, 2.24) is 9.78 Å². The Morgan fingerprint density at radius 3 is 2.41 bits per heavy atom. The first-order valence-corrected chi connectivity index (χ1v) is 4.79. The molecule has 0 unspecified atom stereocenters. The fraction of sp³-hybridized carbons (Fsp3) is 0.182. The van der Waals surface area contributed by atoms with E-state index in [9.17, 15) is 18.3 Å². The molecule has 2 aromatic rings. The highest BCUT2D eigenvalue weighted by Crippen LogP contribution is 2.39. The lowest BCUT2D eigenvalue weighted by Crippen LogP contribution is -2.08. The normalized spacial score (nSPS) is 11.8. The lowest BCUT2D eigenvalue weighted by molar-refractivity contribution is -0.137. The molecule has 1 aromatic carbocycles. The van der Waals surface area contributed by atoms with Crippen molar-refractivity contribution >= 4 is 0 Å². The van der Waals surface area contributed by atoms with E-state index in [1.807, 2.05) is 0 Å². The highest BCUT2D eigenvalue weighted by molar-refractivity contribution is 5.70. The van der Waals surface area contributed by atoms with Gasteiger partial charge in [0, 0.05) is 12.6 Å². The minimum atomic E-state index is -4.46. The molecule has 0 atom stereocenters. The van der Waals surface area contributed by atoms with Crippen LogP contribution < -0.4 is 0 Å². The molecule has 0 bridgehead atoms. The second-order valence-corrected chi connectivity index (χ2v) is 3.55. The van der Waals surface area contributed by atoms with Crippen molar-refractivity contribution < 1.29 is 18.3 Å². The number of rotatable bonds is 1. The molecule has 0 aliphatic carbocycles. The molecule has 0 spiro atoms. The van der Waals surface area contributed by atoms with Gasteiger partial charge in [-0.2, -0.15) is 18.3 Å². The molecule has 1 aromatic heterocycles. The van der Waals surface area contributed by atoms with Gasteiger partial charge in [0.2, 0.25) is 0 Å². The van der Waals surface area contributed by atoms with Gasteiger partial charge in [-0.1, -0.05) is 18.2 Å². The highest BCUT2D eigenvalue weighted by Gasteiger charge is 2.34. The average molecular weight is 242 g/mol. The zero-order chi connectivity index (χ0) is 12.6. The van der Waals surface area contributed by atoms with Crippen LogP contribution in [0.15, 0.2) is 30.5 Å². The number of hydrogen-bond donors (Lipinski definition) is 1. The molecular weight excluding hydrogens is 233 g/mol. The van der Waals surface area contributed by atoms with E-state index in [1.54, 1.807) is 0 Å². The maximum absolute atomic E-state index is 12.8. The molecule has 0 aliphatic heterocycles. The molecule has 0 radical (unpaired) electrons. The second kappa shape index (κ2) is 3.80. The summed E-state index contributed by atoms with van der Waals surface area (Å²) in [7, 11) is 1.47. The number of hydrogen-bond acceptors (Lipinski definition) is 2. The van der Waals surface area contributed by atoms with Gasteiger partial charge < -0.3 is 5.11 Å². The van der Waals surface area contributed by atoms with Crippen LogP contribution in [-0.2, 0) is 13.2 Å². The topological polar surface area (TPSA) is 38.0 Å². The summed E-state index contributed by atoms with van der Waals surface area (Å²) in [5, 5.41) is 13.2. The van der Waals surface area contributed by atoms with Gasteiger partial charge in [0.25, 0.3) is 0 Å². The molecule has 3 nitrogen and oxygen atoms in total. The van der Waals surface area contributed by atoms with Crippen molar-refractivity contribution in [2.24, 2.45) is 7.05 Å². The summed E-state index contributed by atoms with van der Waals surface area (Å²) in [5.74, 6) is -0.274. The molecule has 0 fully saturated rings. The van der Waals surface area contributed by atoms with Crippen LogP contribution in [0.5, 0.6) is 5.75 Å². The molecule has 0 saturated heterocycles. The first kappa shape index (κ1) is 11.5. The van der Waals surface area contributed by atoms with E-state index in [-0.39, 0.29) is 17.0 Å². The minimum absolute atomic E-state index is 0.0536. The number of halogens is 3. The maximum Gasteiger partial charge on any atom is 0.417 e. The van der Waals surface area contributed by atoms with Crippen LogP contribution in [-0.4, -0.2) is 14.9 Å². The largest absolute Gasteiger partial charge is 0.504 e. The average Bonchev–Trinajstić information content (AvgIpc) is 2.57. The summed E-state index contributed by atoms with van der Waals surface area (Å²) in [4.78, 5) is 0. The van der Waals surface area contributed by atoms with Crippen molar-refractivity contribution in [3.63, 3.8) is 0 Å². The lowest BCUT2D eigenvalue weighted by Gasteiger charge is -2.12. The Balaban J connectivity index is 2.69. The van der Waals surface area contributed by atoms with E-state index in [2.05, 4.69) is 5.10 Å². The molecule has 17 heavy (non-hydrogen) atoms. The van der Waals surface area contributed by atoms with E-state index < -0.39 is 11.7 Å². The zero-order valence-corrected chi connectivity index (χ0v) is 8.86. The lowest BCUT2D eigenvalue weighted by atomic mass is 10.0. The molecule has 90 valence electrons. The highest BCUT2D eigenvalue weighted by atomic mass is 19.4. The first-order chi connectivity index (χ1) is 7.91. The SMILES string of the molecule is Cn1ncc(O)c1-c1ccccc1C(F)(F)F. The number of benzene rings is 1. The van der Waals surface area contributed by atoms with Crippen molar-refractivity contribution in [3.05, 3.63) is 36.0 Å². The summed E-state index contributed by atoms with van der Waals surface area (Å²) in [5.41, 5.74) is -0.825. The Morgan fingerprint density at radius 1 is 1.24 bits per heavy atom.